The molecule has 1 saturated carbocycles. The summed E-state index contributed by atoms with van der Waals surface area (Å²) >= 11 is 12.3. The lowest BCUT2D eigenvalue weighted by Gasteiger charge is -2.36. The number of carbonyl (C=O) groups excluding carboxylic acids is 2. The van der Waals surface area contributed by atoms with Gasteiger partial charge < -0.3 is 19.5 Å². The van der Waals surface area contributed by atoms with Gasteiger partial charge in [0, 0.05) is 12.1 Å². The highest BCUT2D eigenvalue weighted by molar-refractivity contribution is 7.38. The smallest absolute Gasteiger partial charge is 0.415 e. The van der Waals surface area contributed by atoms with Gasteiger partial charge in [0.15, 0.2) is 8.03 Å². The molecule has 0 spiro atoms. The maximum Gasteiger partial charge on any atom is 0.415 e. The number of ether oxygens (including phenoxy) is 2. The maximum atomic E-state index is 13.5. The third-order valence-corrected chi connectivity index (χ3v) is 8.69. The molecule has 2 rings (SSSR count). The maximum absolute atomic E-state index is 13.5. The molecule has 0 aliphatic heterocycles. The van der Waals surface area contributed by atoms with Crippen LogP contribution in [0.1, 0.15) is 84.7 Å². The van der Waals surface area contributed by atoms with Crippen LogP contribution in [0, 0.1) is 23.7 Å². The van der Waals surface area contributed by atoms with Crippen molar-refractivity contribution in [3.8, 4) is 0 Å². The third-order valence-electron chi connectivity index (χ3n) is 7.03. The van der Waals surface area contributed by atoms with Crippen LogP contribution < -0.4 is 0 Å². The summed E-state index contributed by atoms with van der Waals surface area (Å²) in [5, 5.41) is 12.0. The van der Waals surface area contributed by atoms with E-state index in [0.717, 1.165) is 25.7 Å². The first-order valence-corrected chi connectivity index (χ1v) is 15.7. The Morgan fingerprint density at radius 2 is 1.74 bits per heavy atom. The van der Waals surface area contributed by atoms with Crippen molar-refractivity contribution in [3.05, 3.63) is 33.8 Å². The van der Waals surface area contributed by atoms with E-state index in [0.29, 0.717) is 40.5 Å². The van der Waals surface area contributed by atoms with Gasteiger partial charge in [0.1, 0.15) is 6.23 Å². The van der Waals surface area contributed by atoms with Crippen LogP contribution >= 0.6 is 31.2 Å². The molecular weight excluding hydrogens is 552 g/mol. The number of esters is 1. The molecule has 38 heavy (non-hydrogen) atoms. The molecule has 1 aromatic rings. The lowest BCUT2D eigenvalue weighted by Crippen LogP contribution is -2.45. The molecule has 0 bridgehead atoms. The van der Waals surface area contributed by atoms with E-state index in [1.807, 2.05) is 0 Å². The van der Waals surface area contributed by atoms with Crippen molar-refractivity contribution in [2.45, 2.75) is 91.7 Å². The summed E-state index contributed by atoms with van der Waals surface area (Å²) in [6.45, 7) is 8.69. The first-order chi connectivity index (χ1) is 17.8. The molecule has 0 aromatic heterocycles. The number of hydrogen-bond acceptors (Lipinski definition) is 6. The summed E-state index contributed by atoms with van der Waals surface area (Å²) in [5.41, 5.74) is 0.654. The SMILES string of the molecule is CC(C)C(=O)OC(OC(=O)N(C(O)CCC1CCC[C@@H](C[PH](=O)O)C1)C(C)c1ccc(Cl)c(Cl)c1)C(C)C. The number of aliphatic hydroxyl groups is 1. The minimum absolute atomic E-state index is 0.209. The molecule has 0 saturated heterocycles. The van der Waals surface area contributed by atoms with Crippen LogP contribution in [-0.4, -0.2) is 45.6 Å². The van der Waals surface area contributed by atoms with Crippen molar-refractivity contribution in [3.63, 3.8) is 0 Å². The second kappa shape index (κ2) is 15.5. The molecule has 216 valence electrons. The molecule has 1 aromatic carbocycles. The Bertz CT molecular complexity index is 961. The topological polar surface area (TPSA) is 113 Å². The van der Waals surface area contributed by atoms with E-state index in [9.17, 15) is 24.2 Å². The van der Waals surface area contributed by atoms with Crippen molar-refractivity contribution in [1.29, 1.82) is 0 Å². The molecule has 0 radical (unpaired) electrons. The summed E-state index contributed by atoms with van der Waals surface area (Å²) in [5.74, 6) is -0.687. The van der Waals surface area contributed by atoms with Crippen LogP contribution in [0.3, 0.4) is 0 Å². The normalized spacial score (nSPS) is 21.0. The van der Waals surface area contributed by atoms with E-state index in [2.05, 4.69) is 0 Å². The van der Waals surface area contributed by atoms with Gasteiger partial charge in [-0.2, -0.15) is 0 Å². The molecular formula is C27H42Cl2NO7P. The van der Waals surface area contributed by atoms with Crippen LogP contribution in [0.15, 0.2) is 18.2 Å². The van der Waals surface area contributed by atoms with E-state index in [4.69, 9.17) is 32.7 Å². The highest BCUT2D eigenvalue weighted by atomic mass is 35.5. The Hall–Kier alpha value is -1.31. The fraction of sp³-hybridized carbons (Fsp3) is 0.704. The summed E-state index contributed by atoms with van der Waals surface area (Å²) < 4.78 is 22.4. The van der Waals surface area contributed by atoms with Crippen LogP contribution in [0.2, 0.25) is 10.0 Å². The number of halogens is 2. The Labute approximate surface area is 236 Å². The average molecular weight is 595 g/mol. The zero-order valence-corrected chi connectivity index (χ0v) is 25.4. The number of rotatable bonds is 12. The second-order valence-electron chi connectivity index (χ2n) is 10.9. The molecule has 1 aliphatic carbocycles. The lowest BCUT2D eigenvalue weighted by atomic mass is 9.80. The van der Waals surface area contributed by atoms with E-state index >= 15 is 0 Å². The minimum atomic E-state index is -2.52. The van der Waals surface area contributed by atoms with Crippen molar-refractivity contribution in [1.82, 2.24) is 4.90 Å². The molecule has 0 heterocycles. The zero-order valence-electron chi connectivity index (χ0n) is 22.9. The molecule has 6 atom stereocenters. The summed E-state index contributed by atoms with van der Waals surface area (Å²) in [4.78, 5) is 36.3. The highest BCUT2D eigenvalue weighted by Gasteiger charge is 2.34. The van der Waals surface area contributed by atoms with Gasteiger partial charge in [0.2, 0.25) is 0 Å². The fourth-order valence-electron chi connectivity index (χ4n) is 4.80. The average Bonchev–Trinajstić information content (AvgIpc) is 2.83. The molecule has 2 N–H and O–H groups in total. The first kappa shape index (κ1) is 32.9. The quantitative estimate of drug-likeness (QED) is 0.152. The summed E-state index contributed by atoms with van der Waals surface area (Å²) in [6, 6.07) is 4.37. The van der Waals surface area contributed by atoms with Crippen molar-refractivity contribution in [2.75, 3.05) is 6.16 Å². The number of benzene rings is 1. The predicted octanol–water partition coefficient (Wildman–Crippen LogP) is 7.05. The number of nitrogens with zero attached hydrogens (tertiary/aromatic N) is 1. The van der Waals surface area contributed by atoms with Gasteiger partial charge in [-0.25, -0.2) is 4.79 Å². The molecule has 1 amide bonds. The number of amides is 1. The van der Waals surface area contributed by atoms with Crippen LogP contribution in [0.5, 0.6) is 0 Å². The summed E-state index contributed by atoms with van der Waals surface area (Å²) in [7, 11) is -2.52. The van der Waals surface area contributed by atoms with E-state index in [-0.39, 0.29) is 11.8 Å². The van der Waals surface area contributed by atoms with Crippen molar-refractivity contribution in [2.24, 2.45) is 23.7 Å². The fourth-order valence-corrected chi connectivity index (χ4v) is 5.97. The largest absolute Gasteiger partial charge is 0.425 e. The Balaban J connectivity index is 2.22. The Kier molecular flexibility index (Phi) is 13.4. The zero-order chi connectivity index (χ0) is 28.6. The predicted molar refractivity (Wildman–Crippen MR) is 150 cm³/mol. The highest BCUT2D eigenvalue weighted by Crippen LogP contribution is 2.37. The van der Waals surface area contributed by atoms with Crippen molar-refractivity contribution >= 4 is 43.3 Å². The number of carbonyl (C=O) groups is 2. The standard InChI is InChI=1S/C27H42Cl2NO7P/c1-16(2)25(32)36-26(17(3)4)37-27(33)30(18(5)21-10-11-22(28)23(29)14-21)24(31)12-9-19-7-6-8-20(13-19)15-38(34)35/h10-11,14,16-20,24,26,31,38H,6-9,12-13,15H2,1-5H3,(H,34,35)/t18?,19?,20-,24?,26?/m1/s1. The van der Waals surface area contributed by atoms with Crippen molar-refractivity contribution < 1.29 is 33.6 Å². The van der Waals surface area contributed by atoms with Gasteiger partial charge in [-0.05, 0) is 62.1 Å². The van der Waals surface area contributed by atoms with Gasteiger partial charge in [-0.1, -0.05) is 69.8 Å². The molecule has 1 aliphatic rings. The van der Waals surface area contributed by atoms with Gasteiger partial charge >= 0.3 is 12.1 Å². The van der Waals surface area contributed by atoms with Gasteiger partial charge in [0.25, 0.3) is 6.29 Å². The molecule has 1 fully saturated rings. The van der Waals surface area contributed by atoms with Crippen LogP contribution in [0.25, 0.3) is 0 Å². The van der Waals surface area contributed by atoms with Gasteiger partial charge in [0.05, 0.1) is 22.0 Å². The molecule has 11 heteroatoms. The van der Waals surface area contributed by atoms with Crippen LogP contribution in [-0.2, 0) is 18.8 Å². The molecule has 5 unspecified atom stereocenters. The van der Waals surface area contributed by atoms with Crippen LogP contribution in [0.4, 0.5) is 4.79 Å². The van der Waals surface area contributed by atoms with E-state index in [1.165, 1.54) is 4.90 Å². The molecule has 8 nitrogen and oxygen atoms in total. The Morgan fingerprint density at radius 3 is 2.32 bits per heavy atom. The lowest BCUT2D eigenvalue weighted by molar-refractivity contribution is -0.182. The first-order valence-electron chi connectivity index (χ1n) is 13.3. The summed E-state index contributed by atoms with van der Waals surface area (Å²) in [6.07, 6.45) is 1.89. The Morgan fingerprint density at radius 1 is 1.08 bits per heavy atom. The number of hydrogen-bond donors (Lipinski definition) is 2. The number of aliphatic hydroxyl groups excluding tert-OH is 1. The van der Waals surface area contributed by atoms with E-state index < -0.39 is 44.6 Å². The second-order valence-corrected chi connectivity index (χ2v) is 12.9. The monoisotopic (exact) mass is 593 g/mol. The van der Waals surface area contributed by atoms with Gasteiger partial charge in [-0.15, -0.1) is 0 Å². The minimum Gasteiger partial charge on any atom is -0.425 e. The van der Waals surface area contributed by atoms with Gasteiger partial charge in [-0.3, -0.25) is 14.3 Å². The van der Waals surface area contributed by atoms with E-state index in [1.54, 1.807) is 52.8 Å². The third kappa shape index (κ3) is 10.0.